The van der Waals surface area contributed by atoms with Crippen LogP contribution in [0.4, 0.5) is 13.2 Å². The van der Waals surface area contributed by atoms with Crippen molar-refractivity contribution in [3.05, 3.63) is 40.4 Å². The Morgan fingerprint density at radius 1 is 1.33 bits per heavy atom. The molecule has 0 aliphatic carbocycles. The molecule has 2 aliphatic heterocycles. The summed E-state index contributed by atoms with van der Waals surface area (Å²) < 4.78 is 37.7. The van der Waals surface area contributed by atoms with Crippen molar-refractivity contribution in [3.63, 3.8) is 0 Å². The molecule has 1 aromatic carbocycles. The van der Waals surface area contributed by atoms with E-state index in [2.05, 4.69) is 0 Å². The topological polar surface area (TPSA) is 86.5 Å². The predicted octanol–water partition coefficient (Wildman–Crippen LogP) is 1.00. The van der Waals surface area contributed by atoms with Crippen molar-refractivity contribution in [1.82, 2.24) is 4.90 Å². The Balaban J connectivity index is 1.87. The molecule has 0 radical (unpaired) electrons. The summed E-state index contributed by atoms with van der Waals surface area (Å²) in [6.45, 7) is 0. The number of nitrogens with zero attached hydrogens (tertiary/aromatic N) is 1. The molecule has 2 N–H and O–H groups in total. The summed E-state index contributed by atoms with van der Waals surface area (Å²) in [5, 5.41) is 11.0. The Bertz CT molecular complexity index is 734. The molecule has 0 aromatic heterocycles. The first kappa shape index (κ1) is 17.2. The molecular formula is C14H10F3N2O3S2-. The highest BCUT2D eigenvalue weighted by Crippen LogP contribution is 2.44. The molecule has 10 heteroatoms. The highest BCUT2D eigenvalue weighted by atomic mass is 32.2. The molecule has 1 saturated heterocycles. The number of aliphatic carboxylic acids is 1. The number of fused-ring (bicyclic) bond motifs is 1. The fraction of sp³-hybridized carbons (Fsp3) is 0.286. The largest absolute Gasteiger partial charge is 0.543 e. The Kier molecular flexibility index (Phi) is 4.30. The molecule has 2 atom stereocenters. The average Bonchev–Trinajstić information content (AvgIpc) is 2.53. The number of benzene rings is 1. The van der Waals surface area contributed by atoms with Crippen LogP contribution in [0.5, 0.6) is 0 Å². The van der Waals surface area contributed by atoms with Gasteiger partial charge in [0.15, 0.2) is 0 Å². The molecule has 0 unspecified atom stereocenters. The summed E-state index contributed by atoms with van der Waals surface area (Å²) in [6.07, 6.45) is -4.44. The summed E-state index contributed by atoms with van der Waals surface area (Å²) in [4.78, 5) is 25.1. The summed E-state index contributed by atoms with van der Waals surface area (Å²) in [5.74, 6) is -1.72. The molecule has 0 saturated carbocycles. The zero-order chi connectivity index (χ0) is 17.6. The number of nitrogens with two attached hydrogens (primary N) is 1. The lowest BCUT2D eigenvalue weighted by Crippen LogP contribution is -2.69. The summed E-state index contributed by atoms with van der Waals surface area (Å²) in [7, 11) is 0. The minimum Gasteiger partial charge on any atom is -0.543 e. The molecule has 1 fully saturated rings. The van der Waals surface area contributed by atoms with Gasteiger partial charge in [-0.05, 0) is 24.3 Å². The zero-order valence-corrected chi connectivity index (χ0v) is 13.5. The van der Waals surface area contributed by atoms with E-state index in [0.717, 1.165) is 28.8 Å². The van der Waals surface area contributed by atoms with Gasteiger partial charge in [0.1, 0.15) is 11.4 Å². The van der Waals surface area contributed by atoms with Crippen molar-refractivity contribution in [3.8, 4) is 0 Å². The molecule has 0 spiro atoms. The van der Waals surface area contributed by atoms with Crippen molar-refractivity contribution in [2.75, 3.05) is 5.75 Å². The van der Waals surface area contributed by atoms with Gasteiger partial charge in [0, 0.05) is 15.6 Å². The van der Waals surface area contributed by atoms with Gasteiger partial charge in [-0.25, -0.2) is 0 Å². The summed E-state index contributed by atoms with van der Waals surface area (Å²) in [6, 6.07) is 3.61. The van der Waals surface area contributed by atoms with Crippen LogP contribution in [0, 0.1) is 0 Å². The summed E-state index contributed by atoms with van der Waals surface area (Å²) in [5.41, 5.74) is 4.59. The smallest absolute Gasteiger partial charge is 0.416 e. The number of halogens is 3. The minimum absolute atomic E-state index is 0.254. The van der Waals surface area contributed by atoms with Gasteiger partial charge in [0.25, 0.3) is 0 Å². The second kappa shape index (κ2) is 6.01. The van der Waals surface area contributed by atoms with E-state index < -0.39 is 35.0 Å². The van der Waals surface area contributed by atoms with Crippen molar-refractivity contribution in [1.29, 1.82) is 0 Å². The van der Waals surface area contributed by atoms with Gasteiger partial charge >= 0.3 is 6.18 Å². The molecule has 2 aliphatic rings. The molecule has 5 nitrogen and oxygen atoms in total. The van der Waals surface area contributed by atoms with Gasteiger partial charge in [0.05, 0.1) is 17.2 Å². The number of carboxylic acids is 1. The molecule has 0 bridgehead atoms. The standard InChI is InChI=1S/C14H11F3N2O3S2/c15-14(16,17)6-1-3-7(4-2-6)24-8-5-23-12-9(18)11(20)19(12)10(8)13(21)22/h1-4,9,12H,5,18H2,(H,21,22)/p-1/t9-,12-/m1/s1. The number of carbonyl (C=O) groups is 2. The zero-order valence-electron chi connectivity index (χ0n) is 11.9. The van der Waals surface area contributed by atoms with Gasteiger partial charge in [-0.15, -0.1) is 11.8 Å². The lowest BCUT2D eigenvalue weighted by molar-refractivity contribution is -0.301. The van der Waals surface area contributed by atoms with E-state index in [0.29, 0.717) is 9.80 Å². The quantitative estimate of drug-likeness (QED) is 0.794. The molecule has 1 amide bonds. The van der Waals surface area contributed by atoms with E-state index in [4.69, 9.17) is 5.73 Å². The number of rotatable bonds is 3. The monoisotopic (exact) mass is 375 g/mol. The number of carboxylic acid groups (broad SMARTS) is 1. The molecule has 3 rings (SSSR count). The van der Waals surface area contributed by atoms with Crippen molar-refractivity contribution in [2.45, 2.75) is 22.5 Å². The van der Waals surface area contributed by atoms with Crippen LogP contribution in [0.1, 0.15) is 5.56 Å². The fourth-order valence-electron chi connectivity index (χ4n) is 2.41. The van der Waals surface area contributed by atoms with E-state index in [-0.39, 0.29) is 11.4 Å². The lowest BCUT2D eigenvalue weighted by Gasteiger charge is -2.49. The maximum absolute atomic E-state index is 12.6. The van der Waals surface area contributed by atoms with Crippen LogP contribution in [-0.2, 0) is 15.8 Å². The van der Waals surface area contributed by atoms with Crippen LogP contribution in [-0.4, -0.2) is 33.9 Å². The average molecular weight is 375 g/mol. The van der Waals surface area contributed by atoms with Gasteiger partial charge in [0.2, 0.25) is 5.91 Å². The first-order valence-electron chi connectivity index (χ1n) is 6.70. The second-order valence-corrected chi connectivity index (χ2v) is 7.39. The molecule has 1 aromatic rings. The third-order valence-electron chi connectivity index (χ3n) is 3.59. The molecule has 24 heavy (non-hydrogen) atoms. The normalized spacial score (nSPS) is 23.8. The minimum atomic E-state index is -4.44. The number of amides is 1. The number of hydrogen-bond donors (Lipinski definition) is 1. The number of hydrogen-bond acceptors (Lipinski definition) is 6. The van der Waals surface area contributed by atoms with E-state index >= 15 is 0 Å². The highest BCUT2D eigenvalue weighted by Gasteiger charge is 2.50. The maximum Gasteiger partial charge on any atom is 0.416 e. The van der Waals surface area contributed by atoms with E-state index in [9.17, 15) is 27.9 Å². The van der Waals surface area contributed by atoms with Crippen molar-refractivity contribution < 1.29 is 27.9 Å². The molecule has 128 valence electrons. The van der Waals surface area contributed by atoms with Crippen LogP contribution in [0.25, 0.3) is 0 Å². The Hall–Kier alpha value is -1.65. The van der Waals surface area contributed by atoms with Crippen LogP contribution >= 0.6 is 23.5 Å². The van der Waals surface area contributed by atoms with Crippen LogP contribution in [0.15, 0.2) is 39.8 Å². The van der Waals surface area contributed by atoms with Gasteiger partial charge in [-0.1, -0.05) is 11.8 Å². The van der Waals surface area contributed by atoms with Crippen LogP contribution in [0.3, 0.4) is 0 Å². The third kappa shape index (κ3) is 2.89. The Labute approximate surface area is 143 Å². The molecule has 2 heterocycles. The number of β-lactam (4-membered cyclic amide) rings is 1. The summed E-state index contributed by atoms with van der Waals surface area (Å²) >= 11 is 2.31. The number of carbonyl (C=O) groups excluding carboxylic acids is 2. The second-order valence-electron chi connectivity index (χ2n) is 5.12. The highest BCUT2D eigenvalue weighted by molar-refractivity contribution is 8.06. The van der Waals surface area contributed by atoms with E-state index in [1.54, 1.807) is 0 Å². The lowest BCUT2D eigenvalue weighted by atomic mass is 10.1. The first-order valence-corrected chi connectivity index (χ1v) is 8.56. The van der Waals surface area contributed by atoms with E-state index in [1.807, 2.05) is 0 Å². The van der Waals surface area contributed by atoms with Gasteiger partial charge in [-0.3, -0.25) is 9.69 Å². The Morgan fingerprint density at radius 3 is 2.50 bits per heavy atom. The fourth-order valence-corrected chi connectivity index (χ4v) is 4.83. The third-order valence-corrected chi connectivity index (χ3v) is 6.17. The van der Waals surface area contributed by atoms with Gasteiger partial charge in [-0.2, -0.15) is 13.2 Å². The predicted molar refractivity (Wildman–Crippen MR) is 80.4 cm³/mol. The Morgan fingerprint density at radius 2 is 1.96 bits per heavy atom. The van der Waals surface area contributed by atoms with E-state index in [1.165, 1.54) is 23.9 Å². The van der Waals surface area contributed by atoms with Crippen molar-refractivity contribution >= 4 is 35.4 Å². The van der Waals surface area contributed by atoms with Gasteiger partial charge < -0.3 is 15.6 Å². The van der Waals surface area contributed by atoms with Crippen molar-refractivity contribution in [2.24, 2.45) is 5.73 Å². The number of alkyl halides is 3. The number of thioether (sulfide) groups is 2. The van der Waals surface area contributed by atoms with Crippen LogP contribution < -0.4 is 10.8 Å². The first-order chi connectivity index (χ1) is 11.2. The maximum atomic E-state index is 12.6. The SMILES string of the molecule is N[C@@H]1C(=O)N2C(C(=O)[O-])=C(Sc3ccc(C(F)(F)F)cc3)CS[C@H]12. The van der Waals surface area contributed by atoms with Crippen LogP contribution in [0.2, 0.25) is 0 Å². The molecular weight excluding hydrogens is 365 g/mol.